The number of carbonyl (C=O) groups is 2. The van der Waals surface area contributed by atoms with Gasteiger partial charge in [-0.3, -0.25) is 9.59 Å². The van der Waals surface area contributed by atoms with Gasteiger partial charge in [-0.25, -0.2) is 0 Å². The van der Waals surface area contributed by atoms with Crippen molar-refractivity contribution in [1.82, 2.24) is 0 Å². The van der Waals surface area contributed by atoms with E-state index >= 15 is 0 Å². The fourth-order valence-electron chi connectivity index (χ4n) is 0.777. The Bertz CT molecular complexity index is 243. The Morgan fingerprint density at radius 3 is 2.38 bits per heavy atom. The van der Waals surface area contributed by atoms with E-state index in [0.29, 0.717) is 14.3 Å². The van der Waals surface area contributed by atoms with E-state index < -0.39 is 22.7 Å². The smallest absolute Gasteiger partial charge is 0.314 e. The van der Waals surface area contributed by atoms with Crippen LogP contribution in [0.25, 0.3) is 0 Å². The van der Waals surface area contributed by atoms with E-state index in [1.165, 1.54) is 0 Å². The van der Waals surface area contributed by atoms with Crippen LogP contribution in [-0.4, -0.2) is 59.1 Å². The molecule has 0 radical (unpaired) electrons. The summed E-state index contributed by atoms with van der Waals surface area (Å²) in [5.41, 5.74) is -0.625. The molecule has 0 aromatic rings. The molecule has 86 valence electrons. The summed E-state index contributed by atoms with van der Waals surface area (Å²) in [6, 6.07) is 0. The highest BCUT2D eigenvalue weighted by molar-refractivity contribution is 6.96. The van der Waals surface area contributed by atoms with Gasteiger partial charge in [-0.05, 0) is 0 Å². The van der Waals surface area contributed by atoms with Gasteiger partial charge >= 0.3 is 11.9 Å². The number of hydrogen-bond donors (Lipinski definition) is 0. The maximum absolute atomic E-state index is 11.1. The average Bonchev–Trinajstić information content (AvgIpc) is 2.27. The standard InChI is InChI=1S/C6H12B4Cl2O4/c7-9-4(11)5(14)15-2-1-3(13)16-6(12)10-8/h4,6,9-10H,1-2,7-8H2. The van der Waals surface area contributed by atoms with Crippen molar-refractivity contribution >= 4 is 65.0 Å². The highest BCUT2D eigenvalue weighted by Crippen LogP contribution is 2.00. The molecule has 0 heterocycles. The summed E-state index contributed by atoms with van der Waals surface area (Å²) in [5, 5.41) is -0.660. The molecule has 4 nitrogen and oxygen atoms in total. The second-order valence-corrected chi connectivity index (χ2v) is 4.12. The fraction of sp³-hybridized carbons (Fsp3) is 0.667. The maximum atomic E-state index is 11.1. The molecule has 0 rings (SSSR count). The molecular formula is C6H12B4Cl2O4. The van der Waals surface area contributed by atoms with Crippen molar-refractivity contribution in [3.63, 3.8) is 0 Å². The van der Waals surface area contributed by atoms with Crippen LogP contribution in [0.2, 0.25) is 0 Å². The molecule has 10 heteroatoms. The van der Waals surface area contributed by atoms with Crippen molar-refractivity contribution in [3.8, 4) is 0 Å². The van der Waals surface area contributed by atoms with Gasteiger partial charge in [0.05, 0.1) is 27.2 Å². The van der Waals surface area contributed by atoms with E-state index in [1.54, 1.807) is 15.5 Å². The molecule has 0 aromatic heterocycles. The van der Waals surface area contributed by atoms with Gasteiger partial charge < -0.3 is 9.47 Å². The Morgan fingerprint density at radius 1 is 1.25 bits per heavy atom. The lowest BCUT2D eigenvalue weighted by atomic mass is 9.53. The van der Waals surface area contributed by atoms with Crippen LogP contribution in [0.3, 0.4) is 0 Å². The number of hydrogen-bond acceptors (Lipinski definition) is 4. The largest absolute Gasteiger partial charge is 0.465 e. The van der Waals surface area contributed by atoms with E-state index in [0.717, 1.165) is 0 Å². The first-order chi connectivity index (χ1) is 7.51. The molecule has 0 amide bonds. The summed E-state index contributed by atoms with van der Waals surface area (Å²) in [4.78, 5) is 22.2. The zero-order chi connectivity index (χ0) is 12.6. The first-order valence-corrected chi connectivity index (χ1v) is 6.02. The first kappa shape index (κ1) is 15.8. The van der Waals surface area contributed by atoms with E-state index in [1.807, 2.05) is 0 Å². The summed E-state index contributed by atoms with van der Waals surface area (Å²) < 4.78 is 9.54. The summed E-state index contributed by atoms with van der Waals surface area (Å²) in [6.45, 7) is -0.0335. The minimum absolute atomic E-state index is 0.0116. The van der Waals surface area contributed by atoms with Gasteiger partial charge in [0, 0.05) is 0 Å². The number of rotatable bonds is 7. The molecule has 0 aliphatic rings. The minimum atomic E-state index is -0.660. The number of alkyl halides is 2. The third-order valence-corrected chi connectivity index (χ3v) is 2.63. The highest BCUT2D eigenvalue weighted by atomic mass is 35.5. The van der Waals surface area contributed by atoms with E-state index in [9.17, 15) is 9.59 Å². The summed E-state index contributed by atoms with van der Waals surface area (Å²) >= 11 is 11.2. The molecule has 2 atom stereocenters. The summed E-state index contributed by atoms with van der Waals surface area (Å²) in [5.74, 6) is -1.01. The van der Waals surface area contributed by atoms with Gasteiger partial charge in [-0.1, -0.05) is 11.6 Å². The molecule has 0 saturated heterocycles. The van der Waals surface area contributed by atoms with Crippen LogP contribution in [0.1, 0.15) is 6.42 Å². The molecule has 0 N–H and O–H groups in total. The van der Waals surface area contributed by atoms with Gasteiger partial charge in [0.2, 0.25) is 0 Å². The lowest BCUT2D eigenvalue weighted by Crippen LogP contribution is -2.26. The van der Waals surface area contributed by atoms with Crippen LogP contribution in [0, 0.1) is 0 Å². The fourth-order valence-corrected chi connectivity index (χ4v) is 0.939. The van der Waals surface area contributed by atoms with Crippen LogP contribution in [0.5, 0.6) is 0 Å². The molecule has 0 aromatic carbocycles. The molecule has 0 fully saturated rings. The zero-order valence-electron chi connectivity index (χ0n) is 9.37. The van der Waals surface area contributed by atoms with Crippen molar-refractivity contribution in [2.24, 2.45) is 0 Å². The van der Waals surface area contributed by atoms with Gasteiger partial charge in [0.15, 0.2) is 7.17 Å². The summed E-state index contributed by atoms with van der Waals surface area (Å²) in [7, 11) is 4.59. The highest BCUT2D eigenvalue weighted by Gasteiger charge is 2.16. The SMILES string of the molecule is BBC(Cl)OC(=O)CCOC(=O)C(Cl)BB. The Labute approximate surface area is 108 Å². The van der Waals surface area contributed by atoms with Crippen LogP contribution in [0.15, 0.2) is 0 Å². The van der Waals surface area contributed by atoms with E-state index in [2.05, 4.69) is 0 Å². The lowest BCUT2D eigenvalue weighted by molar-refractivity contribution is -0.147. The quantitative estimate of drug-likeness (QED) is 0.290. The zero-order valence-corrected chi connectivity index (χ0v) is 10.9. The van der Waals surface area contributed by atoms with Crippen molar-refractivity contribution in [3.05, 3.63) is 0 Å². The van der Waals surface area contributed by atoms with Crippen molar-refractivity contribution in [2.75, 3.05) is 6.61 Å². The van der Waals surface area contributed by atoms with Crippen molar-refractivity contribution in [1.29, 1.82) is 0 Å². The topological polar surface area (TPSA) is 52.6 Å². The Hall–Kier alpha value is -0.220. The van der Waals surface area contributed by atoms with Crippen LogP contribution >= 0.6 is 23.2 Å². The summed E-state index contributed by atoms with van der Waals surface area (Å²) in [6.07, 6.45) is -0.0116. The predicted molar refractivity (Wildman–Crippen MR) is 72.3 cm³/mol. The Balaban J connectivity index is 3.66. The van der Waals surface area contributed by atoms with Crippen molar-refractivity contribution in [2.45, 2.75) is 17.2 Å². The monoisotopic (exact) mass is 262 g/mol. The van der Waals surface area contributed by atoms with E-state index in [-0.39, 0.29) is 13.0 Å². The third-order valence-electron chi connectivity index (χ3n) is 1.74. The molecule has 0 saturated carbocycles. The minimum Gasteiger partial charge on any atom is -0.465 e. The second kappa shape index (κ2) is 8.88. The number of halogens is 2. The predicted octanol–water partition coefficient (Wildman–Crippen LogP) is -2.48. The second-order valence-electron chi connectivity index (χ2n) is 3.10. The van der Waals surface area contributed by atoms with Gasteiger partial charge in [0.25, 0.3) is 0 Å². The van der Waals surface area contributed by atoms with Crippen LogP contribution in [0.4, 0.5) is 0 Å². The van der Waals surface area contributed by atoms with E-state index in [4.69, 9.17) is 32.7 Å². The first-order valence-electron chi connectivity index (χ1n) is 5.15. The van der Waals surface area contributed by atoms with Gasteiger partial charge in [-0.15, -0.1) is 11.6 Å². The average molecular weight is 262 g/mol. The lowest BCUT2D eigenvalue weighted by Gasteiger charge is -2.09. The van der Waals surface area contributed by atoms with Gasteiger partial charge in [-0.2, -0.15) is 0 Å². The molecule has 0 bridgehead atoms. The normalized spacial score (nSPS) is 13.4. The molecule has 0 spiro atoms. The molecular weight excluding hydrogens is 250 g/mol. The van der Waals surface area contributed by atoms with Gasteiger partial charge in [0.1, 0.15) is 19.2 Å². The molecule has 0 aliphatic carbocycles. The van der Waals surface area contributed by atoms with Crippen LogP contribution < -0.4 is 0 Å². The Kier molecular flexibility index (Phi) is 8.76. The number of esters is 2. The molecule has 2 unspecified atom stereocenters. The third kappa shape index (κ3) is 7.12. The number of carbonyl (C=O) groups excluding carboxylic acids is 2. The molecule has 0 aliphatic heterocycles. The number of ether oxygens (including phenoxy) is 2. The maximum Gasteiger partial charge on any atom is 0.314 e. The molecule has 16 heavy (non-hydrogen) atoms. The van der Waals surface area contributed by atoms with Crippen LogP contribution in [-0.2, 0) is 19.1 Å². The van der Waals surface area contributed by atoms with Crippen molar-refractivity contribution < 1.29 is 19.1 Å². The Morgan fingerprint density at radius 2 is 1.88 bits per heavy atom.